The summed E-state index contributed by atoms with van der Waals surface area (Å²) in [5, 5.41) is 0. The van der Waals surface area contributed by atoms with Crippen LogP contribution in [0.1, 0.15) is 24.5 Å². The first kappa shape index (κ1) is 11.6. The largest absolute Gasteiger partial charge is 0.494 e. The fourth-order valence-electron chi connectivity index (χ4n) is 1.26. The molecule has 0 saturated carbocycles. The van der Waals surface area contributed by atoms with Crippen LogP contribution in [0, 0.1) is 6.92 Å². The van der Waals surface area contributed by atoms with Gasteiger partial charge < -0.3 is 4.74 Å². The van der Waals surface area contributed by atoms with Crippen LogP contribution in [-0.2, 0) is 11.3 Å². The molecule has 0 heterocycles. The molecule has 0 amide bonds. The van der Waals surface area contributed by atoms with Crippen molar-refractivity contribution < 1.29 is 4.74 Å². The Morgan fingerprint density at radius 3 is 2.33 bits per heavy atom. The van der Waals surface area contributed by atoms with Gasteiger partial charge in [-0.3, -0.25) is 0 Å². The van der Waals surface area contributed by atoms with E-state index < -0.39 is 0 Å². The van der Waals surface area contributed by atoms with Crippen molar-refractivity contribution in [2.24, 2.45) is 0 Å². The lowest BCUT2D eigenvalue weighted by Gasteiger charge is -2.09. The number of aryl methyl sites for hydroxylation is 1. The van der Waals surface area contributed by atoms with E-state index in [1.165, 1.54) is 11.1 Å². The molecule has 1 heteroatoms. The van der Waals surface area contributed by atoms with Crippen LogP contribution in [0.5, 0.6) is 0 Å². The molecule has 1 nitrogen and oxygen atoms in total. The van der Waals surface area contributed by atoms with Crippen LogP contribution >= 0.6 is 0 Å². The highest BCUT2D eigenvalue weighted by molar-refractivity contribution is 5.20. The lowest BCUT2D eigenvalue weighted by atomic mass is 10.2. The number of rotatable bonds is 5. The zero-order valence-corrected chi connectivity index (χ0v) is 9.55. The highest BCUT2D eigenvalue weighted by Gasteiger charge is 1.97. The summed E-state index contributed by atoms with van der Waals surface area (Å²) in [7, 11) is 0. The topological polar surface area (TPSA) is 9.23 Å². The third-order valence-corrected chi connectivity index (χ3v) is 2.06. The molecule has 0 unspecified atom stereocenters. The minimum Gasteiger partial charge on any atom is -0.494 e. The first-order chi connectivity index (χ1) is 7.08. The average Bonchev–Trinajstić information content (AvgIpc) is 2.16. The number of allylic oxidation sites excluding steroid dienone is 1. The normalized spacial score (nSPS) is 9.73. The van der Waals surface area contributed by atoms with Crippen molar-refractivity contribution in [3.8, 4) is 0 Å². The maximum atomic E-state index is 5.52. The number of hydrogen-bond acceptors (Lipinski definition) is 1. The average molecular weight is 202 g/mol. The second-order valence-corrected chi connectivity index (χ2v) is 3.95. The van der Waals surface area contributed by atoms with Crippen molar-refractivity contribution >= 4 is 0 Å². The second-order valence-electron chi connectivity index (χ2n) is 3.95. The maximum absolute atomic E-state index is 5.52. The Balaban J connectivity index is 2.40. The molecule has 0 bridgehead atoms. The number of ether oxygens (including phenoxy) is 1. The van der Waals surface area contributed by atoms with E-state index in [-0.39, 0.29) is 0 Å². The molecule has 80 valence electrons. The maximum Gasteiger partial charge on any atom is 0.113 e. The molecular weight excluding hydrogens is 184 g/mol. The third kappa shape index (κ3) is 4.50. The monoisotopic (exact) mass is 202 g/mol. The van der Waals surface area contributed by atoms with E-state index in [1.807, 2.05) is 6.92 Å². The second kappa shape index (κ2) is 5.40. The summed E-state index contributed by atoms with van der Waals surface area (Å²) in [5.41, 5.74) is 3.51. The van der Waals surface area contributed by atoms with Gasteiger partial charge in [0.1, 0.15) is 6.61 Å². The van der Waals surface area contributed by atoms with Crippen LogP contribution in [0.25, 0.3) is 0 Å². The van der Waals surface area contributed by atoms with E-state index in [0.29, 0.717) is 6.61 Å². The molecule has 1 aromatic carbocycles. The Labute approximate surface area is 92.1 Å². The molecule has 0 N–H and O–H groups in total. The van der Waals surface area contributed by atoms with Gasteiger partial charge in [-0.1, -0.05) is 48.6 Å². The van der Waals surface area contributed by atoms with Gasteiger partial charge in [-0.2, -0.15) is 0 Å². The first-order valence-corrected chi connectivity index (χ1v) is 5.08. The quantitative estimate of drug-likeness (QED) is 0.518. The Morgan fingerprint density at radius 1 is 1.20 bits per heavy atom. The zero-order valence-electron chi connectivity index (χ0n) is 9.55. The molecule has 0 spiro atoms. The predicted molar refractivity (Wildman–Crippen MR) is 64.5 cm³/mol. The van der Waals surface area contributed by atoms with Crippen molar-refractivity contribution in [1.29, 1.82) is 0 Å². The summed E-state index contributed by atoms with van der Waals surface area (Å²) in [6.45, 7) is 12.3. The summed E-state index contributed by atoms with van der Waals surface area (Å²) < 4.78 is 5.52. The molecule has 1 rings (SSSR count). The van der Waals surface area contributed by atoms with Crippen molar-refractivity contribution in [1.82, 2.24) is 0 Å². The van der Waals surface area contributed by atoms with Gasteiger partial charge in [0.05, 0.1) is 5.76 Å². The van der Waals surface area contributed by atoms with Gasteiger partial charge in [0.15, 0.2) is 0 Å². The lowest BCUT2D eigenvalue weighted by molar-refractivity contribution is 0.194. The van der Waals surface area contributed by atoms with Crippen LogP contribution in [0.2, 0.25) is 0 Å². The Morgan fingerprint density at radius 2 is 1.80 bits per heavy atom. The van der Waals surface area contributed by atoms with Crippen LogP contribution in [-0.4, -0.2) is 0 Å². The lowest BCUT2D eigenvalue weighted by Crippen LogP contribution is -1.93. The molecule has 0 fully saturated rings. The third-order valence-electron chi connectivity index (χ3n) is 2.06. The molecular formula is C14H18O. The molecule has 1 aromatic rings. The molecule has 0 aliphatic carbocycles. The minimum atomic E-state index is 0.590. The molecule has 0 radical (unpaired) electrons. The van der Waals surface area contributed by atoms with E-state index in [1.54, 1.807) is 0 Å². The smallest absolute Gasteiger partial charge is 0.113 e. The highest BCUT2D eigenvalue weighted by atomic mass is 16.5. The molecule has 0 aliphatic heterocycles. The Bertz CT molecular complexity index is 346. The van der Waals surface area contributed by atoms with E-state index in [0.717, 1.165) is 17.8 Å². The highest BCUT2D eigenvalue weighted by Crippen LogP contribution is 2.11. The van der Waals surface area contributed by atoms with Gasteiger partial charge in [-0.15, -0.1) is 0 Å². The van der Waals surface area contributed by atoms with Gasteiger partial charge >= 0.3 is 0 Å². The predicted octanol–water partition coefficient (Wildman–Crippen LogP) is 3.99. The minimum absolute atomic E-state index is 0.590. The molecule has 0 aliphatic rings. The number of benzene rings is 1. The Hall–Kier alpha value is -1.50. The fraction of sp³-hybridized carbons (Fsp3) is 0.286. The van der Waals surface area contributed by atoms with E-state index >= 15 is 0 Å². The SMILES string of the molecule is C=C(C)CC(=C)OCc1ccc(C)cc1. The summed E-state index contributed by atoms with van der Waals surface area (Å²) in [4.78, 5) is 0. The van der Waals surface area contributed by atoms with Gasteiger partial charge in [0, 0.05) is 6.42 Å². The standard InChI is InChI=1S/C14H18O/c1-11(2)9-13(4)15-10-14-7-5-12(3)6-8-14/h5-8H,1,4,9-10H2,2-3H3. The van der Waals surface area contributed by atoms with Crippen molar-refractivity contribution in [2.75, 3.05) is 0 Å². The zero-order chi connectivity index (χ0) is 11.3. The number of hydrogen-bond donors (Lipinski definition) is 0. The van der Waals surface area contributed by atoms with E-state index in [4.69, 9.17) is 4.74 Å². The molecule has 0 saturated heterocycles. The van der Waals surface area contributed by atoms with Gasteiger partial charge in [0.25, 0.3) is 0 Å². The van der Waals surface area contributed by atoms with E-state index in [2.05, 4.69) is 44.3 Å². The van der Waals surface area contributed by atoms with Crippen molar-refractivity contribution in [2.45, 2.75) is 26.9 Å². The van der Waals surface area contributed by atoms with Crippen LogP contribution in [0.4, 0.5) is 0 Å². The van der Waals surface area contributed by atoms with Gasteiger partial charge in [-0.05, 0) is 19.4 Å². The van der Waals surface area contributed by atoms with Gasteiger partial charge in [-0.25, -0.2) is 0 Å². The van der Waals surface area contributed by atoms with Crippen LogP contribution in [0.3, 0.4) is 0 Å². The summed E-state index contributed by atoms with van der Waals surface area (Å²) in [6, 6.07) is 8.31. The summed E-state index contributed by atoms with van der Waals surface area (Å²) in [6.07, 6.45) is 0.742. The van der Waals surface area contributed by atoms with Crippen LogP contribution < -0.4 is 0 Å². The molecule has 0 atom stereocenters. The van der Waals surface area contributed by atoms with Crippen LogP contribution in [0.15, 0.2) is 48.8 Å². The molecule has 15 heavy (non-hydrogen) atoms. The summed E-state index contributed by atoms with van der Waals surface area (Å²) >= 11 is 0. The summed E-state index contributed by atoms with van der Waals surface area (Å²) in [5.74, 6) is 0.781. The van der Waals surface area contributed by atoms with Crippen molar-refractivity contribution in [3.63, 3.8) is 0 Å². The van der Waals surface area contributed by atoms with Gasteiger partial charge in [0.2, 0.25) is 0 Å². The van der Waals surface area contributed by atoms with Crippen molar-refractivity contribution in [3.05, 3.63) is 59.9 Å². The first-order valence-electron chi connectivity index (χ1n) is 5.08. The Kier molecular flexibility index (Phi) is 4.17. The fourth-order valence-corrected chi connectivity index (χ4v) is 1.26. The molecule has 0 aromatic heterocycles. The van der Waals surface area contributed by atoms with E-state index in [9.17, 15) is 0 Å².